The Morgan fingerprint density at radius 1 is 1.56 bits per heavy atom. The lowest BCUT2D eigenvalue weighted by Crippen LogP contribution is -2.37. The van der Waals surface area contributed by atoms with Gasteiger partial charge in [-0.25, -0.2) is 0 Å². The molecule has 0 radical (unpaired) electrons. The monoisotopic (exact) mass is 251 g/mol. The minimum atomic E-state index is -0.562. The van der Waals surface area contributed by atoms with Crippen molar-refractivity contribution < 1.29 is 5.11 Å². The van der Waals surface area contributed by atoms with E-state index < -0.39 is 5.60 Å². The fraction of sp³-hybridized carbons (Fsp3) is 0.857. The van der Waals surface area contributed by atoms with Crippen molar-refractivity contribution in [3.63, 3.8) is 0 Å². The molecule has 1 fully saturated rings. The Labute approximate surface area is 109 Å². The van der Waals surface area contributed by atoms with Gasteiger partial charge >= 0.3 is 0 Å². The van der Waals surface area contributed by atoms with Gasteiger partial charge in [0, 0.05) is 19.7 Å². The molecule has 0 aliphatic heterocycles. The third-order valence-electron chi connectivity index (χ3n) is 3.89. The Hall–Kier alpha value is -0.900. The summed E-state index contributed by atoms with van der Waals surface area (Å²) in [5, 5.41) is 18.8. The molecule has 1 aliphatic carbocycles. The zero-order valence-electron chi connectivity index (χ0n) is 11.8. The van der Waals surface area contributed by atoms with Gasteiger partial charge in [0.2, 0.25) is 0 Å². The minimum Gasteiger partial charge on any atom is -0.389 e. The Bertz CT molecular complexity index is 388. The number of aliphatic hydroxyl groups is 1. The number of nitrogens with zero attached hydrogens (tertiary/aromatic N) is 3. The van der Waals surface area contributed by atoms with Crippen LogP contribution < -0.4 is 0 Å². The van der Waals surface area contributed by atoms with Gasteiger partial charge in [-0.3, -0.25) is 4.68 Å². The molecule has 0 bridgehead atoms. The smallest absolute Gasteiger partial charge is 0.0855 e. The molecule has 1 heterocycles. The van der Waals surface area contributed by atoms with Crippen LogP contribution in [-0.2, 0) is 13.5 Å². The van der Waals surface area contributed by atoms with Crippen molar-refractivity contribution in [2.75, 3.05) is 0 Å². The van der Waals surface area contributed by atoms with Gasteiger partial charge in [-0.1, -0.05) is 31.9 Å². The summed E-state index contributed by atoms with van der Waals surface area (Å²) >= 11 is 0. The number of hydrogen-bond acceptors (Lipinski definition) is 3. The molecule has 0 saturated heterocycles. The minimum absolute atomic E-state index is 0.562. The van der Waals surface area contributed by atoms with Crippen LogP contribution in [0.2, 0.25) is 0 Å². The van der Waals surface area contributed by atoms with Gasteiger partial charge in [0.15, 0.2) is 0 Å². The molecule has 2 rings (SSSR count). The Morgan fingerprint density at radius 3 is 2.94 bits per heavy atom. The number of aryl methyl sites for hydroxylation is 1. The molecule has 0 amide bonds. The molecule has 4 heteroatoms. The van der Waals surface area contributed by atoms with Gasteiger partial charge in [0.1, 0.15) is 0 Å². The van der Waals surface area contributed by atoms with E-state index >= 15 is 0 Å². The summed E-state index contributed by atoms with van der Waals surface area (Å²) in [6.45, 7) is 4.52. The van der Waals surface area contributed by atoms with E-state index in [-0.39, 0.29) is 0 Å². The Kier molecular flexibility index (Phi) is 4.05. The highest BCUT2D eigenvalue weighted by Crippen LogP contribution is 2.37. The molecular weight excluding hydrogens is 226 g/mol. The second-order valence-electron chi connectivity index (χ2n) is 6.38. The van der Waals surface area contributed by atoms with Crippen LogP contribution in [-0.4, -0.2) is 25.7 Å². The first-order valence-corrected chi connectivity index (χ1v) is 7.04. The SMILES string of the molecule is CC(C)CC1CCCC(O)(Cc2cn(C)nn2)C1. The van der Waals surface area contributed by atoms with Gasteiger partial charge in [-0.05, 0) is 31.1 Å². The molecule has 1 aromatic rings. The summed E-state index contributed by atoms with van der Waals surface area (Å²) in [6, 6.07) is 0. The molecule has 4 nitrogen and oxygen atoms in total. The highest BCUT2D eigenvalue weighted by molar-refractivity contribution is 5.01. The largest absolute Gasteiger partial charge is 0.389 e. The van der Waals surface area contributed by atoms with Crippen LogP contribution >= 0.6 is 0 Å². The first-order chi connectivity index (χ1) is 8.47. The zero-order chi connectivity index (χ0) is 13.2. The number of aromatic nitrogens is 3. The normalized spacial score (nSPS) is 28.8. The second-order valence-corrected chi connectivity index (χ2v) is 6.38. The molecule has 1 aliphatic rings. The van der Waals surface area contributed by atoms with Gasteiger partial charge in [-0.15, -0.1) is 5.10 Å². The molecule has 102 valence electrons. The fourth-order valence-corrected chi connectivity index (χ4v) is 3.30. The lowest BCUT2D eigenvalue weighted by atomic mass is 9.73. The van der Waals surface area contributed by atoms with Crippen molar-refractivity contribution >= 4 is 0 Å². The van der Waals surface area contributed by atoms with Gasteiger partial charge in [-0.2, -0.15) is 0 Å². The third-order valence-corrected chi connectivity index (χ3v) is 3.89. The van der Waals surface area contributed by atoms with Crippen LogP contribution in [0.25, 0.3) is 0 Å². The number of hydrogen-bond donors (Lipinski definition) is 1. The summed E-state index contributed by atoms with van der Waals surface area (Å²) in [6.07, 6.45) is 8.00. The Morgan fingerprint density at radius 2 is 2.33 bits per heavy atom. The predicted octanol–water partition coefficient (Wildman–Crippen LogP) is 2.33. The van der Waals surface area contributed by atoms with E-state index in [1.165, 1.54) is 12.8 Å². The van der Waals surface area contributed by atoms with Gasteiger partial charge in [0.05, 0.1) is 11.3 Å². The average Bonchev–Trinajstić information content (AvgIpc) is 2.62. The fourth-order valence-electron chi connectivity index (χ4n) is 3.30. The highest BCUT2D eigenvalue weighted by atomic mass is 16.3. The zero-order valence-corrected chi connectivity index (χ0v) is 11.8. The van der Waals surface area contributed by atoms with Crippen molar-refractivity contribution in [2.24, 2.45) is 18.9 Å². The molecule has 1 saturated carbocycles. The molecule has 1 aromatic heterocycles. The summed E-state index contributed by atoms with van der Waals surface area (Å²) in [7, 11) is 1.86. The van der Waals surface area contributed by atoms with E-state index in [9.17, 15) is 5.11 Å². The van der Waals surface area contributed by atoms with Crippen molar-refractivity contribution in [3.8, 4) is 0 Å². The quantitative estimate of drug-likeness (QED) is 0.893. The molecule has 0 aromatic carbocycles. The van der Waals surface area contributed by atoms with Crippen molar-refractivity contribution in [2.45, 2.75) is 58.0 Å². The van der Waals surface area contributed by atoms with E-state index in [2.05, 4.69) is 24.2 Å². The molecule has 0 spiro atoms. The Balaban J connectivity index is 1.97. The first kappa shape index (κ1) is 13.5. The molecule has 2 atom stereocenters. The van der Waals surface area contributed by atoms with Crippen LogP contribution in [0.5, 0.6) is 0 Å². The van der Waals surface area contributed by atoms with Crippen LogP contribution in [0, 0.1) is 11.8 Å². The lowest BCUT2D eigenvalue weighted by molar-refractivity contribution is -0.0196. The third kappa shape index (κ3) is 3.55. The summed E-state index contributed by atoms with van der Waals surface area (Å²) in [5.74, 6) is 1.38. The standard InChI is InChI=1S/C14H25N3O/c1-11(2)7-12-5-4-6-14(18,8-12)9-13-10-17(3)16-15-13/h10-12,18H,4-9H2,1-3H3. The molecule has 18 heavy (non-hydrogen) atoms. The maximum absolute atomic E-state index is 10.7. The van der Waals surface area contributed by atoms with E-state index in [0.29, 0.717) is 18.3 Å². The highest BCUT2D eigenvalue weighted by Gasteiger charge is 2.35. The van der Waals surface area contributed by atoms with Gasteiger partial charge < -0.3 is 5.11 Å². The van der Waals surface area contributed by atoms with E-state index in [4.69, 9.17) is 0 Å². The van der Waals surface area contributed by atoms with Crippen molar-refractivity contribution in [1.29, 1.82) is 0 Å². The first-order valence-electron chi connectivity index (χ1n) is 7.04. The second kappa shape index (κ2) is 5.39. The van der Waals surface area contributed by atoms with Crippen molar-refractivity contribution in [1.82, 2.24) is 15.0 Å². The molecule has 1 N–H and O–H groups in total. The summed E-state index contributed by atoms with van der Waals surface area (Å²) < 4.78 is 1.70. The van der Waals surface area contributed by atoms with Crippen LogP contribution in [0.4, 0.5) is 0 Å². The van der Waals surface area contributed by atoms with E-state index in [1.54, 1.807) is 4.68 Å². The molecular formula is C14H25N3O. The van der Waals surface area contributed by atoms with Crippen LogP contribution in [0.15, 0.2) is 6.20 Å². The lowest BCUT2D eigenvalue weighted by Gasteiger charge is -2.37. The van der Waals surface area contributed by atoms with E-state index in [1.807, 2.05) is 13.2 Å². The predicted molar refractivity (Wildman–Crippen MR) is 71.1 cm³/mol. The van der Waals surface area contributed by atoms with Gasteiger partial charge in [0.25, 0.3) is 0 Å². The maximum atomic E-state index is 10.7. The van der Waals surface area contributed by atoms with Crippen molar-refractivity contribution in [3.05, 3.63) is 11.9 Å². The number of rotatable bonds is 4. The summed E-state index contributed by atoms with van der Waals surface area (Å²) in [4.78, 5) is 0. The average molecular weight is 251 g/mol. The van der Waals surface area contributed by atoms with Crippen LogP contribution in [0.1, 0.15) is 51.6 Å². The maximum Gasteiger partial charge on any atom is 0.0855 e. The molecule has 2 unspecified atom stereocenters. The van der Waals surface area contributed by atoms with Crippen LogP contribution in [0.3, 0.4) is 0 Å². The van der Waals surface area contributed by atoms with E-state index in [0.717, 1.165) is 25.0 Å². The topological polar surface area (TPSA) is 50.9 Å². The summed E-state index contributed by atoms with van der Waals surface area (Å²) in [5.41, 5.74) is 0.346.